The third-order valence-corrected chi connectivity index (χ3v) is 3.66. The van der Waals surface area contributed by atoms with E-state index in [4.69, 9.17) is 9.47 Å². The van der Waals surface area contributed by atoms with Crippen LogP contribution in [0.15, 0.2) is 30.5 Å². The molecule has 0 saturated heterocycles. The molecule has 0 saturated carbocycles. The summed E-state index contributed by atoms with van der Waals surface area (Å²) in [6.07, 6.45) is -3.46. The molecular formula is C15H14F3N3O5. The van der Waals surface area contributed by atoms with Crippen LogP contribution in [0.5, 0.6) is 17.5 Å². The van der Waals surface area contributed by atoms with E-state index in [-0.39, 0.29) is 30.8 Å². The number of aromatic nitrogens is 2. The molecule has 1 atom stereocenters. The number of halogens is 3. The number of imidazole rings is 1. The van der Waals surface area contributed by atoms with Crippen molar-refractivity contribution in [2.75, 3.05) is 13.2 Å². The van der Waals surface area contributed by atoms with Gasteiger partial charge in [0.15, 0.2) is 0 Å². The van der Waals surface area contributed by atoms with Crippen LogP contribution in [0.2, 0.25) is 0 Å². The second-order valence-corrected chi connectivity index (χ2v) is 6.17. The molecule has 11 heteroatoms. The van der Waals surface area contributed by atoms with Crippen LogP contribution < -0.4 is 14.2 Å². The second kappa shape index (κ2) is 6.39. The number of benzene rings is 1. The highest BCUT2D eigenvalue weighted by Crippen LogP contribution is 2.32. The molecule has 0 fully saturated rings. The summed E-state index contributed by atoms with van der Waals surface area (Å²) in [5.74, 6) is -0.277. The maximum Gasteiger partial charge on any atom is 0.573 e. The lowest BCUT2D eigenvalue weighted by Gasteiger charge is -2.32. The zero-order chi connectivity index (χ0) is 18.9. The Morgan fingerprint density at radius 2 is 2.00 bits per heavy atom. The van der Waals surface area contributed by atoms with E-state index in [0.717, 1.165) is 12.1 Å². The summed E-state index contributed by atoms with van der Waals surface area (Å²) in [7, 11) is 0. The fourth-order valence-electron chi connectivity index (χ4n) is 2.48. The second-order valence-electron chi connectivity index (χ2n) is 6.17. The van der Waals surface area contributed by atoms with E-state index in [1.54, 1.807) is 0 Å². The molecule has 3 rings (SSSR count). The van der Waals surface area contributed by atoms with E-state index >= 15 is 0 Å². The van der Waals surface area contributed by atoms with Gasteiger partial charge < -0.3 is 24.3 Å². The SMILES string of the molecule is C[C@@]1(COc2ccc(OC(F)(F)F)cc2)COc2nc([N+](=O)[O-])cn2C1. The van der Waals surface area contributed by atoms with Crippen molar-refractivity contribution in [3.63, 3.8) is 0 Å². The van der Waals surface area contributed by atoms with Crippen LogP contribution in [0, 0.1) is 15.5 Å². The number of alkyl halides is 3. The number of nitro groups is 1. The average molecular weight is 373 g/mol. The molecule has 1 aliphatic heterocycles. The monoisotopic (exact) mass is 373 g/mol. The predicted molar refractivity (Wildman–Crippen MR) is 81.1 cm³/mol. The van der Waals surface area contributed by atoms with Crippen molar-refractivity contribution in [3.8, 4) is 17.5 Å². The Morgan fingerprint density at radius 3 is 2.62 bits per heavy atom. The van der Waals surface area contributed by atoms with Crippen LogP contribution in [-0.2, 0) is 6.54 Å². The number of rotatable bonds is 5. The van der Waals surface area contributed by atoms with Crippen molar-refractivity contribution >= 4 is 5.82 Å². The van der Waals surface area contributed by atoms with Crippen LogP contribution >= 0.6 is 0 Å². The number of nitrogens with zero attached hydrogens (tertiary/aromatic N) is 3. The fourth-order valence-corrected chi connectivity index (χ4v) is 2.48. The number of hydrogen-bond acceptors (Lipinski definition) is 6. The third kappa shape index (κ3) is 4.16. The molecule has 0 amide bonds. The highest BCUT2D eigenvalue weighted by Gasteiger charge is 2.36. The Labute approximate surface area is 145 Å². The molecule has 2 aromatic rings. The summed E-state index contributed by atoms with van der Waals surface area (Å²) in [4.78, 5) is 13.9. The topological polar surface area (TPSA) is 88.7 Å². The standard InChI is InChI=1S/C15H14F3N3O5/c1-14(7-20-6-12(21(22)23)19-13(20)25-9-14)8-24-10-2-4-11(5-3-10)26-15(16,17)18/h2-6H,7-9H2,1H3/t14-/m1/s1. The third-order valence-electron chi connectivity index (χ3n) is 3.66. The summed E-state index contributed by atoms with van der Waals surface area (Å²) >= 11 is 0. The largest absolute Gasteiger partial charge is 0.573 e. The Balaban J connectivity index is 1.61. The first-order valence-electron chi connectivity index (χ1n) is 7.47. The Morgan fingerprint density at radius 1 is 1.35 bits per heavy atom. The quantitative estimate of drug-likeness (QED) is 0.591. The van der Waals surface area contributed by atoms with E-state index in [1.807, 2.05) is 6.92 Å². The molecule has 1 aliphatic rings. The molecular weight excluding hydrogens is 359 g/mol. The van der Waals surface area contributed by atoms with Gasteiger partial charge in [0.05, 0.1) is 12.0 Å². The molecule has 0 radical (unpaired) electrons. The van der Waals surface area contributed by atoms with Crippen LogP contribution in [0.3, 0.4) is 0 Å². The molecule has 0 unspecified atom stereocenters. The van der Waals surface area contributed by atoms with E-state index in [1.165, 1.54) is 22.9 Å². The highest BCUT2D eigenvalue weighted by molar-refractivity contribution is 5.31. The molecule has 8 nitrogen and oxygen atoms in total. The minimum Gasteiger partial charge on any atom is -0.493 e. The molecule has 26 heavy (non-hydrogen) atoms. The number of ether oxygens (including phenoxy) is 3. The van der Waals surface area contributed by atoms with Crippen molar-refractivity contribution in [1.29, 1.82) is 0 Å². The molecule has 0 bridgehead atoms. The van der Waals surface area contributed by atoms with Crippen LogP contribution in [-0.4, -0.2) is 34.1 Å². The van der Waals surface area contributed by atoms with Gasteiger partial charge in [0, 0.05) is 11.5 Å². The zero-order valence-corrected chi connectivity index (χ0v) is 13.5. The van der Waals surface area contributed by atoms with Crippen molar-refractivity contribution in [2.45, 2.75) is 19.8 Å². The van der Waals surface area contributed by atoms with E-state index < -0.39 is 16.7 Å². The van der Waals surface area contributed by atoms with Gasteiger partial charge in [-0.15, -0.1) is 13.2 Å². The van der Waals surface area contributed by atoms with E-state index in [0.29, 0.717) is 12.3 Å². The Hall–Kier alpha value is -2.98. The van der Waals surface area contributed by atoms with Gasteiger partial charge in [0.2, 0.25) is 0 Å². The first kappa shape index (κ1) is 17.8. The van der Waals surface area contributed by atoms with Gasteiger partial charge in [0.1, 0.15) is 24.3 Å². The normalized spacial score (nSPS) is 19.4. The minimum absolute atomic E-state index is 0.169. The lowest BCUT2D eigenvalue weighted by molar-refractivity contribution is -0.389. The van der Waals surface area contributed by atoms with Gasteiger partial charge in [-0.25, -0.2) is 0 Å². The predicted octanol–water partition coefficient (Wildman–Crippen LogP) is 3.17. The summed E-state index contributed by atoms with van der Waals surface area (Å²) in [6, 6.07) is 5.20. The highest BCUT2D eigenvalue weighted by atomic mass is 19.4. The first-order chi connectivity index (χ1) is 12.1. The van der Waals surface area contributed by atoms with Crippen LogP contribution in [0.1, 0.15) is 6.92 Å². The van der Waals surface area contributed by atoms with E-state index in [9.17, 15) is 23.3 Å². The van der Waals surface area contributed by atoms with Gasteiger partial charge >= 0.3 is 18.2 Å². The molecule has 140 valence electrons. The van der Waals surface area contributed by atoms with Crippen LogP contribution in [0.25, 0.3) is 0 Å². The smallest absolute Gasteiger partial charge is 0.493 e. The molecule has 0 aliphatic carbocycles. The number of hydrogen-bond donors (Lipinski definition) is 0. The molecule has 0 spiro atoms. The van der Waals surface area contributed by atoms with Gasteiger partial charge in [-0.2, -0.15) is 0 Å². The van der Waals surface area contributed by atoms with Crippen molar-refractivity contribution in [2.24, 2.45) is 5.41 Å². The minimum atomic E-state index is -4.75. The Kier molecular flexibility index (Phi) is 4.38. The van der Waals surface area contributed by atoms with Crippen LogP contribution in [0.4, 0.5) is 19.0 Å². The van der Waals surface area contributed by atoms with E-state index in [2.05, 4.69) is 9.72 Å². The van der Waals surface area contributed by atoms with Crippen molar-refractivity contribution in [3.05, 3.63) is 40.6 Å². The average Bonchev–Trinajstić information content (AvgIpc) is 2.96. The Bertz CT molecular complexity index is 806. The fraction of sp³-hybridized carbons (Fsp3) is 0.400. The van der Waals surface area contributed by atoms with Gasteiger partial charge in [-0.05, 0) is 29.2 Å². The maximum atomic E-state index is 12.1. The molecule has 1 aromatic carbocycles. The summed E-state index contributed by atoms with van der Waals surface area (Å²) < 4.78 is 52.8. The summed E-state index contributed by atoms with van der Waals surface area (Å²) in [5.41, 5.74) is -0.497. The molecule has 2 heterocycles. The van der Waals surface area contributed by atoms with Crippen molar-refractivity contribution in [1.82, 2.24) is 9.55 Å². The molecule has 1 aromatic heterocycles. The van der Waals surface area contributed by atoms with Gasteiger partial charge in [-0.1, -0.05) is 6.92 Å². The number of fused-ring (bicyclic) bond motifs is 1. The lowest BCUT2D eigenvalue weighted by atomic mass is 9.92. The lowest BCUT2D eigenvalue weighted by Crippen LogP contribution is -2.39. The summed E-state index contributed by atoms with van der Waals surface area (Å²) in [6.45, 7) is 2.68. The van der Waals surface area contributed by atoms with Gasteiger partial charge in [-0.3, -0.25) is 4.57 Å². The van der Waals surface area contributed by atoms with Crippen molar-refractivity contribution < 1.29 is 32.3 Å². The zero-order valence-electron chi connectivity index (χ0n) is 13.5. The first-order valence-corrected chi connectivity index (χ1v) is 7.47. The maximum absolute atomic E-state index is 12.1. The summed E-state index contributed by atoms with van der Waals surface area (Å²) in [5, 5.41) is 10.8. The molecule has 0 N–H and O–H groups in total. The van der Waals surface area contributed by atoms with Gasteiger partial charge in [0.25, 0.3) is 0 Å².